The third-order valence-corrected chi connectivity index (χ3v) is 6.83. The summed E-state index contributed by atoms with van der Waals surface area (Å²) >= 11 is 0. The molecule has 0 spiro atoms. The second-order valence-electron chi connectivity index (χ2n) is 9.07. The Hall–Kier alpha value is -2.86. The lowest BCUT2D eigenvalue weighted by molar-refractivity contribution is 0.589. The number of unbranched alkanes of at least 4 members (excludes halogenated alkanes) is 6. The summed E-state index contributed by atoms with van der Waals surface area (Å²) in [4.78, 5) is 0. The maximum atomic E-state index is 2.41. The maximum Gasteiger partial charge on any atom is -0.00987 e. The predicted octanol–water partition coefficient (Wildman–Crippen LogP) is 9.59. The van der Waals surface area contributed by atoms with Crippen molar-refractivity contribution >= 4 is 43.1 Å². The summed E-state index contributed by atoms with van der Waals surface area (Å²) in [6.45, 7) is 2.29. The molecule has 0 saturated heterocycles. The minimum Gasteiger partial charge on any atom is -0.0654 e. The topological polar surface area (TPSA) is 0 Å². The van der Waals surface area contributed by atoms with Crippen molar-refractivity contribution in [3.63, 3.8) is 0 Å². The lowest BCUT2D eigenvalue weighted by atomic mass is 9.94. The molecule has 5 aromatic carbocycles. The van der Waals surface area contributed by atoms with Crippen molar-refractivity contribution in [3.05, 3.63) is 84.4 Å². The molecule has 0 aliphatic heterocycles. The molecule has 0 heteroatoms. The maximum absolute atomic E-state index is 2.41. The Balaban J connectivity index is 1.42. The fourth-order valence-electron chi connectivity index (χ4n) is 5.06. The third kappa shape index (κ3) is 4.17. The Morgan fingerprint density at radius 2 is 1.06 bits per heavy atom. The van der Waals surface area contributed by atoms with Gasteiger partial charge in [0.25, 0.3) is 0 Å². The van der Waals surface area contributed by atoms with Crippen LogP contribution in [0.2, 0.25) is 0 Å². The van der Waals surface area contributed by atoms with Crippen molar-refractivity contribution in [2.45, 2.75) is 58.3 Å². The zero-order valence-corrected chi connectivity index (χ0v) is 18.7. The van der Waals surface area contributed by atoms with Crippen LogP contribution in [0.3, 0.4) is 0 Å². The van der Waals surface area contributed by atoms with E-state index in [1.165, 1.54) is 100 Å². The van der Waals surface area contributed by atoms with E-state index in [1.807, 2.05) is 0 Å². The fraction of sp³-hybridized carbons (Fsp3) is 0.290. The molecule has 0 radical (unpaired) electrons. The Labute approximate surface area is 185 Å². The quantitative estimate of drug-likeness (QED) is 0.137. The molecule has 5 rings (SSSR count). The zero-order valence-electron chi connectivity index (χ0n) is 18.7. The number of benzene rings is 5. The van der Waals surface area contributed by atoms with Crippen LogP contribution in [-0.2, 0) is 6.42 Å². The summed E-state index contributed by atoms with van der Waals surface area (Å²) in [5.41, 5.74) is 1.48. The monoisotopic (exact) mass is 404 g/mol. The normalized spacial score (nSPS) is 11.8. The van der Waals surface area contributed by atoms with Crippen LogP contribution in [0.25, 0.3) is 43.1 Å². The first kappa shape index (κ1) is 20.1. The molecular formula is C31H32. The van der Waals surface area contributed by atoms with Crippen molar-refractivity contribution < 1.29 is 0 Å². The highest BCUT2D eigenvalue weighted by molar-refractivity contribution is 6.19. The highest BCUT2D eigenvalue weighted by Gasteiger charge is 2.07. The van der Waals surface area contributed by atoms with Gasteiger partial charge in [-0.3, -0.25) is 0 Å². The summed E-state index contributed by atoms with van der Waals surface area (Å²) in [5.74, 6) is 0. The molecule has 0 heterocycles. The predicted molar refractivity (Wildman–Crippen MR) is 138 cm³/mol. The largest absolute Gasteiger partial charge is 0.0654 e. The van der Waals surface area contributed by atoms with Gasteiger partial charge in [0.1, 0.15) is 0 Å². The fourth-order valence-corrected chi connectivity index (χ4v) is 5.06. The van der Waals surface area contributed by atoms with E-state index in [0.29, 0.717) is 0 Å². The summed E-state index contributed by atoms with van der Waals surface area (Å²) in [5, 5.41) is 10.8. The first-order valence-electron chi connectivity index (χ1n) is 12.1. The van der Waals surface area contributed by atoms with E-state index in [4.69, 9.17) is 0 Å². The average molecular weight is 405 g/mol. The summed E-state index contributed by atoms with van der Waals surface area (Å²) < 4.78 is 0. The highest BCUT2D eigenvalue weighted by atomic mass is 14.1. The molecule has 0 N–H and O–H groups in total. The van der Waals surface area contributed by atoms with Gasteiger partial charge in [0.2, 0.25) is 0 Å². The molecule has 31 heavy (non-hydrogen) atoms. The zero-order chi connectivity index (χ0) is 21.0. The van der Waals surface area contributed by atoms with E-state index >= 15 is 0 Å². The number of hydrogen-bond donors (Lipinski definition) is 0. The molecule has 0 amide bonds. The molecule has 0 saturated carbocycles. The molecule has 0 nitrogen and oxygen atoms in total. The van der Waals surface area contributed by atoms with Gasteiger partial charge in [-0.25, -0.2) is 0 Å². The minimum atomic E-state index is 1.20. The van der Waals surface area contributed by atoms with Gasteiger partial charge in [-0.1, -0.05) is 112 Å². The number of hydrogen-bond acceptors (Lipinski definition) is 0. The Morgan fingerprint density at radius 3 is 1.84 bits per heavy atom. The van der Waals surface area contributed by atoms with E-state index in [1.54, 1.807) is 0 Å². The van der Waals surface area contributed by atoms with Gasteiger partial charge < -0.3 is 0 Å². The van der Waals surface area contributed by atoms with E-state index in [-0.39, 0.29) is 0 Å². The van der Waals surface area contributed by atoms with Gasteiger partial charge in [-0.05, 0) is 73.6 Å². The SMILES string of the molecule is CCCCCCCCCc1ccc2c(ccc3c4cc5ccccc5cc4ccc23)c1. The van der Waals surface area contributed by atoms with Crippen molar-refractivity contribution in [3.8, 4) is 0 Å². The molecule has 0 bridgehead atoms. The van der Waals surface area contributed by atoms with Crippen LogP contribution in [0.1, 0.15) is 57.4 Å². The molecule has 5 aromatic rings. The van der Waals surface area contributed by atoms with Crippen LogP contribution in [0.4, 0.5) is 0 Å². The molecule has 156 valence electrons. The number of rotatable bonds is 8. The first-order chi connectivity index (χ1) is 15.3. The van der Waals surface area contributed by atoms with Crippen molar-refractivity contribution in [1.82, 2.24) is 0 Å². The van der Waals surface area contributed by atoms with Crippen LogP contribution in [0.15, 0.2) is 78.9 Å². The average Bonchev–Trinajstić information content (AvgIpc) is 2.81. The van der Waals surface area contributed by atoms with Crippen LogP contribution in [0.5, 0.6) is 0 Å². The van der Waals surface area contributed by atoms with Crippen LogP contribution in [-0.4, -0.2) is 0 Å². The summed E-state index contributed by atoms with van der Waals surface area (Å²) in [6, 6.07) is 29.7. The van der Waals surface area contributed by atoms with Crippen molar-refractivity contribution in [2.75, 3.05) is 0 Å². The Kier molecular flexibility index (Phi) is 5.89. The van der Waals surface area contributed by atoms with Crippen LogP contribution < -0.4 is 0 Å². The molecular weight excluding hydrogens is 372 g/mol. The summed E-state index contributed by atoms with van der Waals surface area (Å²) in [6.07, 6.45) is 10.8. The van der Waals surface area contributed by atoms with Gasteiger partial charge in [-0.15, -0.1) is 0 Å². The van der Waals surface area contributed by atoms with E-state index in [0.717, 1.165) is 0 Å². The summed E-state index contributed by atoms with van der Waals surface area (Å²) in [7, 11) is 0. The minimum absolute atomic E-state index is 1.20. The van der Waals surface area contributed by atoms with Crippen LogP contribution >= 0.6 is 0 Å². The molecule has 0 fully saturated rings. The molecule has 0 atom stereocenters. The third-order valence-electron chi connectivity index (χ3n) is 6.83. The highest BCUT2D eigenvalue weighted by Crippen LogP contribution is 2.34. The van der Waals surface area contributed by atoms with E-state index < -0.39 is 0 Å². The Morgan fingerprint density at radius 1 is 0.452 bits per heavy atom. The Bertz CT molecular complexity index is 1340. The van der Waals surface area contributed by atoms with Crippen LogP contribution in [0, 0.1) is 0 Å². The second-order valence-corrected chi connectivity index (χ2v) is 9.07. The molecule has 0 unspecified atom stereocenters. The van der Waals surface area contributed by atoms with E-state index in [2.05, 4.69) is 85.8 Å². The second kappa shape index (κ2) is 9.10. The van der Waals surface area contributed by atoms with Crippen molar-refractivity contribution in [2.24, 2.45) is 0 Å². The molecule has 0 aromatic heterocycles. The van der Waals surface area contributed by atoms with Crippen molar-refractivity contribution in [1.29, 1.82) is 0 Å². The number of fused-ring (bicyclic) bond motifs is 6. The van der Waals surface area contributed by atoms with Gasteiger partial charge in [0, 0.05) is 0 Å². The molecule has 0 aliphatic carbocycles. The smallest absolute Gasteiger partial charge is 0.00987 e. The van der Waals surface area contributed by atoms with E-state index in [9.17, 15) is 0 Å². The van der Waals surface area contributed by atoms with Gasteiger partial charge in [0.05, 0.1) is 0 Å². The first-order valence-corrected chi connectivity index (χ1v) is 12.1. The van der Waals surface area contributed by atoms with Gasteiger partial charge in [-0.2, -0.15) is 0 Å². The lowest BCUT2D eigenvalue weighted by Gasteiger charge is -2.10. The van der Waals surface area contributed by atoms with Gasteiger partial charge >= 0.3 is 0 Å². The molecule has 0 aliphatic rings. The standard InChI is InChI=1S/C31H32/c1-2-3-4-5-6-7-8-11-23-14-17-28-26(20-23)15-19-30-29(28)18-16-27-21-24-12-9-10-13-25(24)22-31(27)30/h9-10,12-22H,2-8,11H2,1H3. The number of aryl methyl sites for hydroxylation is 1. The van der Waals surface area contributed by atoms with Gasteiger partial charge in [0.15, 0.2) is 0 Å². The lowest BCUT2D eigenvalue weighted by Crippen LogP contribution is -1.88.